The molecule has 0 amide bonds. The summed E-state index contributed by atoms with van der Waals surface area (Å²) in [5.41, 5.74) is 2.57. The van der Waals surface area contributed by atoms with Crippen LogP contribution in [0, 0.1) is 0 Å². The van der Waals surface area contributed by atoms with Gasteiger partial charge in [0.15, 0.2) is 5.65 Å². The van der Waals surface area contributed by atoms with Gasteiger partial charge < -0.3 is 19.9 Å². The number of fused-ring (bicyclic) bond motifs is 2. The highest BCUT2D eigenvalue weighted by atomic mass is 19.3. The fourth-order valence-electron chi connectivity index (χ4n) is 3.49. The molecule has 0 radical (unpaired) electrons. The minimum absolute atomic E-state index is 0.368. The number of imidazole rings is 1. The standard InChI is InChI=1S/C19H20F2N8O/c20-15(21)9-12-10-23-29-17(12)26-19(28-5-7-30-8-6-28)27-18(29)22-11-16-24-13-3-1-2-4-14(13)25-16/h1-4,10,15H,5-9,11H2,(H,24,25)(H,22,26,27). The molecule has 5 rings (SSSR count). The molecular weight excluding hydrogens is 394 g/mol. The number of hydrogen-bond donors (Lipinski definition) is 2. The summed E-state index contributed by atoms with van der Waals surface area (Å²) in [6.07, 6.45) is -1.47. The highest BCUT2D eigenvalue weighted by Crippen LogP contribution is 2.21. The lowest BCUT2D eigenvalue weighted by Crippen LogP contribution is -2.37. The summed E-state index contributed by atoms with van der Waals surface area (Å²) < 4.78 is 32.9. The number of para-hydroxylation sites is 2. The maximum atomic E-state index is 13.0. The molecule has 30 heavy (non-hydrogen) atoms. The molecule has 1 aliphatic rings. The van der Waals surface area contributed by atoms with Crippen LogP contribution in [0.15, 0.2) is 30.5 Å². The molecule has 0 atom stereocenters. The lowest BCUT2D eigenvalue weighted by molar-refractivity contribution is 0.122. The van der Waals surface area contributed by atoms with Gasteiger partial charge in [-0.05, 0) is 12.1 Å². The van der Waals surface area contributed by atoms with E-state index in [9.17, 15) is 8.78 Å². The smallest absolute Gasteiger partial charge is 0.242 e. The average Bonchev–Trinajstić information content (AvgIpc) is 3.36. The van der Waals surface area contributed by atoms with Crippen LogP contribution in [0.5, 0.6) is 0 Å². The Hall–Kier alpha value is -3.34. The van der Waals surface area contributed by atoms with E-state index < -0.39 is 12.8 Å². The molecule has 1 aliphatic heterocycles. The molecule has 156 valence electrons. The monoisotopic (exact) mass is 414 g/mol. The Bertz CT molecular complexity index is 1130. The summed E-state index contributed by atoms with van der Waals surface area (Å²) in [4.78, 5) is 18.9. The number of rotatable bonds is 6. The number of nitrogens with one attached hydrogen (secondary N) is 2. The molecule has 0 aliphatic carbocycles. The van der Waals surface area contributed by atoms with E-state index >= 15 is 0 Å². The van der Waals surface area contributed by atoms with Gasteiger partial charge in [-0.15, -0.1) is 0 Å². The molecule has 1 fully saturated rings. The number of benzene rings is 1. The van der Waals surface area contributed by atoms with Gasteiger partial charge in [0, 0.05) is 25.1 Å². The zero-order valence-corrected chi connectivity index (χ0v) is 16.1. The second kappa shape index (κ2) is 7.82. The predicted molar refractivity (Wildman–Crippen MR) is 107 cm³/mol. The van der Waals surface area contributed by atoms with Crippen LogP contribution >= 0.6 is 0 Å². The topological polar surface area (TPSA) is 96.3 Å². The highest BCUT2D eigenvalue weighted by Gasteiger charge is 2.20. The zero-order valence-electron chi connectivity index (χ0n) is 16.1. The predicted octanol–water partition coefficient (Wildman–Crippen LogP) is 2.26. The van der Waals surface area contributed by atoms with Crippen LogP contribution in [0.4, 0.5) is 20.7 Å². The molecule has 3 aromatic heterocycles. The van der Waals surface area contributed by atoms with Crippen LogP contribution in [-0.4, -0.2) is 62.3 Å². The Morgan fingerprint density at radius 3 is 2.77 bits per heavy atom. The van der Waals surface area contributed by atoms with Crippen molar-refractivity contribution in [2.75, 3.05) is 36.5 Å². The van der Waals surface area contributed by atoms with Gasteiger partial charge in [0.2, 0.25) is 18.3 Å². The Morgan fingerprint density at radius 2 is 1.97 bits per heavy atom. The van der Waals surface area contributed by atoms with Crippen molar-refractivity contribution in [2.24, 2.45) is 0 Å². The molecule has 1 aromatic carbocycles. The molecule has 9 nitrogen and oxygen atoms in total. The van der Waals surface area contributed by atoms with Gasteiger partial charge in [-0.1, -0.05) is 12.1 Å². The molecule has 11 heteroatoms. The first-order chi connectivity index (χ1) is 14.7. The first-order valence-corrected chi connectivity index (χ1v) is 9.70. The van der Waals surface area contributed by atoms with Crippen LogP contribution < -0.4 is 10.2 Å². The lowest BCUT2D eigenvalue weighted by atomic mass is 10.2. The molecule has 0 bridgehead atoms. The number of nitrogens with zero attached hydrogens (tertiary/aromatic N) is 6. The number of alkyl halides is 2. The van der Waals surface area contributed by atoms with Crippen molar-refractivity contribution in [1.82, 2.24) is 29.5 Å². The third-order valence-electron chi connectivity index (χ3n) is 4.95. The second-order valence-electron chi connectivity index (χ2n) is 7.00. The van der Waals surface area contributed by atoms with Crippen LogP contribution in [-0.2, 0) is 17.7 Å². The third-order valence-corrected chi connectivity index (χ3v) is 4.95. The van der Waals surface area contributed by atoms with Gasteiger partial charge in [0.05, 0.1) is 37.0 Å². The van der Waals surface area contributed by atoms with Gasteiger partial charge in [-0.25, -0.2) is 13.8 Å². The fourth-order valence-corrected chi connectivity index (χ4v) is 3.49. The Labute approximate surface area is 170 Å². The van der Waals surface area contributed by atoms with Crippen molar-refractivity contribution in [3.8, 4) is 0 Å². The number of aromatic nitrogens is 6. The van der Waals surface area contributed by atoms with E-state index in [1.54, 1.807) is 0 Å². The maximum Gasteiger partial charge on any atom is 0.242 e. The van der Waals surface area contributed by atoms with E-state index in [1.165, 1.54) is 10.7 Å². The van der Waals surface area contributed by atoms with Gasteiger partial charge >= 0.3 is 0 Å². The third kappa shape index (κ3) is 3.63. The largest absolute Gasteiger partial charge is 0.378 e. The second-order valence-corrected chi connectivity index (χ2v) is 7.00. The van der Waals surface area contributed by atoms with Gasteiger partial charge in [0.25, 0.3) is 0 Å². The summed E-state index contributed by atoms with van der Waals surface area (Å²) >= 11 is 0. The normalized spacial score (nSPS) is 14.8. The summed E-state index contributed by atoms with van der Waals surface area (Å²) in [5, 5.41) is 7.46. The van der Waals surface area contributed by atoms with Crippen molar-refractivity contribution >= 4 is 28.6 Å². The van der Waals surface area contributed by atoms with Crippen molar-refractivity contribution in [3.63, 3.8) is 0 Å². The van der Waals surface area contributed by atoms with E-state index in [4.69, 9.17) is 4.74 Å². The van der Waals surface area contributed by atoms with Crippen molar-refractivity contribution in [2.45, 2.75) is 19.4 Å². The van der Waals surface area contributed by atoms with Crippen LogP contribution in [0.2, 0.25) is 0 Å². The molecule has 0 spiro atoms. The van der Waals surface area contributed by atoms with E-state index in [0.717, 1.165) is 16.9 Å². The first kappa shape index (κ1) is 18.7. The molecule has 0 saturated carbocycles. The van der Waals surface area contributed by atoms with E-state index in [1.807, 2.05) is 29.2 Å². The van der Waals surface area contributed by atoms with Crippen molar-refractivity contribution in [3.05, 3.63) is 41.9 Å². The van der Waals surface area contributed by atoms with E-state index in [2.05, 4.69) is 30.4 Å². The lowest BCUT2D eigenvalue weighted by Gasteiger charge is -2.27. The number of halogens is 2. The fraction of sp³-hybridized carbons (Fsp3) is 0.368. The molecule has 4 heterocycles. The summed E-state index contributed by atoms with van der Waals surface area (Å²) in [7, 11) is 0. The SMILES string of the molecule is FC(F)Cc1cnn2c(NCc3nc4ccccc4[nH]3)nc(N3CCOCC3)nc12. The number of ether oxygens (including phenoxy) is 1. The molecule has 1 saturated heterocycles. The summed E-state index contributed by atoms with van der Waals surface area (Å²) in [6, 6.07) is 7.75. The van der Waals surface area contributed by atoms with Crippen molar-refractivity contribution in [1.29, 1.82) is 0 Å². The number of H-pyrrole nitrogens is 1. The zero-order chi connectivity index (χ0) is 20.5. The minimum atomic E-state index is -2.48. The van der Waals surface area contributed by atoms with Crippen LogP contribution in [0.25, 0.3) is 16.7 Å². The molecule has 4 aromatic rings. The quantitative estimate of drug-likeness (QED) is 0.500. The summed E-state index contributed by atoms with van der Waals surface area (Å²) in [5.74, 6) is 1.62. The Morgan fingerprint density at radius 1 is 1.13 bits per heavy atom. The van der Waals surface area contributed by atoms with E-state index in [-0.39, 0.29) is 0 Å². The highest BCUT2D eigenvalue weighted by molar-refractivity contribution is 5.74. The van der Waals surface area contributed by atoms with Crippen molar-refractivity contribution < 1.29 is 13.5 Å². The summed E-state index contributed by atoms with van der Waals surface area (Å²) in [6.45, 7) is 2.78. The Balaban J connectivity index is 1.49. The number of morpholine rings is 1. The van der Waals surface area contributed by atoms with Crippen LogP contribution in [0.3, 0.4) is 0 Å². The van der Waals surface area contributed by atoms with E-state index in [0.29, 0.717) is 56.0 Å². The molecular formula is C19H20F2N8O. The number of hydrogen-bond acceptors (Lipinski definition) is 7. The first-order valence-electron chi connectivity index (χ1n) is 9.70. The van der Waals surface area contributed by atoms with Gasteiger partial charge in [0.1, 0.15) is 5.82 Å². The van der Waals surface area contributed by atoms with Gasteiger partial charge in [-0.2, -0.15) is 19.6 Å². The number of anilines is 2. The number of aromatic amines is 1. The van der Waals surface area contributed by atoms with Crippen LogP contribution in [0.1, 0.15) is 11.4 Å². The average molecular weight is 414 g/mol. The minimum Gasteiger partial charge on any atom is -0.378 e. The molecule has 0 unspecified atom stereocenters. The van der Waals surface area contributed by atoms with Gasteiger partial charge in [-0.3, -0.25) is 0 Å². The molecule has 2 N–H and O–H groups in total. The Kier molecular flexibility index (Phi) is 4.87. The maximum absolute atomic E-state index is 13.0.